The smallest absolute Gasteiger partial charge is 0.326 e. The Bertz CT molecular complexity index is 925. The number of rotatable bonds is 7. The van der Waals surface area contributed by atoms with Crippen LogP contribution in [0.4, 0.5) is 16.2 Å². The van der Waals surface area contributed by atoms with Gasteiger partial charge in [0, 0.05) is 37.6 Å². The molecule has 2 aromatic rings. The molecule has 7 nitrogen and oxygen atoms in total. The highest BCUT2D eigenvalue weighted by molar-refractivity contribution is 6.02. The van der Waals surface area contributed by atoms with E-state index in [1.54, 1.807) is 0 Å². The maximum atomic E-state index is 12.9. The van der Waals surface area contributed by atoms with Crippen molar-refractivity contribution in [2.45, 2.75) is 32.1 Å². The summed E-state index contributed by atoms with van der Waals surface area (Å²) >= 11 is 0. The van der Waals surface area contributed by atoms with Crippen LogP contribution in [-0.4, -0.2) is 62.8 Å². The summed E-state index contributed by atoms with van der Waals surface area (Å²) in [4.78, 5) is 29.4. The number of para-hydroxylation sites is 1. The number of fused-ring (bicyclic) bond motifs is 1. The first-order valence-electron chi connectivity index (χ1n) is 12.0. The van der Waals surface area contributed by atoms with Crippen molar-refractivity contribution in [3.05, 3.63) is 59.7 Å². The summed E-state index contributed by atoms with van der Waals surface area (Å²) in [5.74, 6) is 0.0231. The Morgan fingerprint density at radius 3 is 2.55 bits per heavy atom. The van der Waals surface area contributed by atoms with Crippen molar-refractivity contribution in [2.24, 2.45) is 0 Å². The van der Waals surface area contributed by atoms with E-state index in [1.165, 1.54) is 5.56 Å². The van der Waals surface area contributed by atoms with Gasteiger partial charge in [0.05, 0.1) is 19.6 Å². The minimum Gasteiger partial charge on any atom is -0.379 e. The number of ether oxygens (including phenoxy) is 1. The second kappa shape index (κ2) is 11.8. The number of carbonyl (C=O) groups excluding carboxylic acids is 2. The number of carbonyl (C=O) groups is 2. The molecule has 2 aromatic carbocycles. The minimum absolute atomic E-state index is 0.0231. The van der Waals surface area contributed by atoms with Crippen molar-refractivity contribution in [2.75, 3.05) is 56.2 Å². The Morgan fingerprint density at radius 2 is 1.73 bits per heavy atom. The fraction of sp³-hybridized carbons (Fsp3) is 0.462. The summed E-state index contributed by atoms with van der Waals surface area (Å²) < 4.78 is 5.35. The second-order valence-electron chi connectivity index (χ2n) is 8.70. The quantitative estimate of drug-likeness (QED) is 0.634. The van der Waals surface area contributed by atoms with E-state index in [1.807, 2.05) is 47.4 Å². The van der Waals surface area contributed by atoms with E-state index in [0.717, 1.165) is 75.5 Å². The monoisotopic (exact) mass is 450 g/mol. The highest BCUT2D eigenvalue weighted by Gasteiger charge is 2.21. The summed E-state index contributed by atoms with van der Waals surface area (Å²) in [6, 6.07) is 15.5. The first-order chi connectivity index (χ1) is 16.2. The normalized spacial score (nSPS) is 16.5. The zero-order valence-corrected chi connectivity index (χ0v) is 19.2. The SMILES string of the molecule is O=C(Cc1ccc(NC(=O)N2CCCCc3ccccc32)cc1)NCCCN1CCOCC1. The predicted molar refractivity (Wildman–Crippen MR) is 131 cm³/mol. The van der Waals surface area contributed by atoms with Gasteiger partial charge in [0.25, 0.3) is 0 Å². The number of anilines is 2. The van der Waals surface area contributed by atoms with E-state index in [2.05, 4.69) is 21.6 Å². The van der Waals surface area contributed by atoms with Crippen LogP contribution < -0.4 is 15.5 Å². The lowest BCUT2D eigenvalue weighted by Gasteiger charge is -2.26. The first kappa shape index (κ1) is 23.3. The van der Waals surface area contributed by atoms with Gasteiger partial charge >= 0.3 is 6.03 Å². The molecule has 3 amide bonds. The Balaban J connectivity index is 1.23. The lowest BCUT2D eigenvalue weighted by Crippen LogP contribution is -2.38. The topological polar surface area (TPSA) is 73.9 Å². The first-order valence-corrected chi connectivity index (χ1v) is 12.0. The zero-order chi connectivity index (χ0) is 22.9. The molecule has 2 heterocycles. The van der Waals surface area contributed by atoms with E-state index in [9.17, 15) is 9.59 Å². The molecule has 4 rings (SSSR count). The number of nitrogens with zero attached hydrogens (tertiary/aromatic N) is 2. The molecule has 1 fully saturated rings. The van der Waals surface area contributed by atoms with Gasteiger partial charge in [-0.1, -0.05) is 30.3 Å². The number of hydrogen-bond donors (Lipinski definition) is 2. The van der Waals surface area contributed by atoms with Gasteiger partial charge in [0.2, 0.25) is 5.91 Å². The third-order valence-electron chi connectivity index (χ3n) is 6.25. The van der Waals surface area contributed by atoms with Crippen LogP contribution in [0, 0.1) is 0 Å². The molecule has 0 aromatic heterocycles. The molecule has 1 saturated heterocycles. The maximum absolute atomic E-state index is 12.9. The van der Waals surface area contributed by atoms with E-state index in [-0.39, 0.29) is 11.9 Å². The van der Waals surface area contributed by atoms with Gasteiger partial charge in [-0.2, -0.15) is 0 Å². The van der Waals surface area contributed by atoms with Crippen LogP contribution in [0.1, 0.15) is 30.4 Å². The van der Waals surface area contributed by atoms with Crippen LogP contribution in [-0.2, 0) is 22.4 Å². The Morgan fingerprint density at radius 1 is 0.939 bits per heavy atom. The average Bonchev–Trinajstić information content (AvgIpc) is 3.06. The molecule has 2 N–H and O–H groups in total. The van der Waals surface area contributed by atoms with E-state index in [4.69, 9.17) is 4.74 Å². The third kappa shape index (κ3) is 6.79. The molecule has 0 bridgehead atoms. The summed E-state index contributed by atoms with van der Waals surface area (Å²) in [6.45, 7) is 5.93. The van der Waals surface area contributed by atoms with Gasteiger partial charge in [0.15, 0.2) is 0 Å². The molecule has 0 spiro atoms. The van der Waals surface area contributed by atoms with Crippen molar-refractivity contribution < 1.29 is 14.3 Å². The number of nitrogens with one attached hydrogen (secondary N) is 2. The van der Waals surface area contributed by atoms with Crippen molar-refractivity contribution in [1.82, 2.24) is 10.2 Å². The standard InChI is InChI=1S/C26H34N4O3/c31-25(27-13-5-14-29-16-18-33-19-17-29)20-21-9-11-23(12-10-21)28-26(32)30-15-4-3-7-22-6-1-2-8-24(22)30/h1-2,6,8-12H,3-5,7,13-20H2,(H,27,31)(H,28,32). The molecule has 0 atom stereocenters. The largest absolute Gasteiger partial charge is 0.379 e. The van der Waals surface area contributed by atoms with Crippen LogP contribution in [0.15, 0.2) is 48.5 Å². The molecular formula is C26H34N4O3. The summed E-state index contributed by atoms with van der Waals surface area (Å²) in [5.41, 5.74) is 3.88. The second-order valence-corrected chi connectivity index (χ2v) is 8.70. The molecule has 0 saturated carbocycles. The molecule has 7 heteroatoms. The van der Waals surface area contributed by atoms with E-state index < -0.39 is 0 Å². The molecule has 2 aliphatic rings. The van der Waals surface area contributed by atoms with Crippen LogP contribution in [0.3, 0.4) is 0 Å². The Labute approximate surface area is 196 Å². The van der Waals surface area contributed by atoms with Crippen molar-refractivity contribution >= 4 is 23.3 Å². The van der Waals surface area contributed by atoms with E-state index in [0.29, 0.717) is 19.5 Å². The van der Waals surface area contributed by atoms with E-state index >= 15 is 0 Å². The lowest BCUT2D eigenvalue weighted by atomic mass is 10.1. The lowest BCUT2D eigenvalue weighted by molar-refractivity contribution is -0.120. The van der Waals surface area contributed by atoms with Gasteiger partial charge in [0.1, 0.15) is 0 Å². The minimum atomic E-state index is -0.116. The Kier molecular flexibility index (Phi) is 8.33. The molecule has 0 radical (unpaired) electrons. The predicted octanol–water partition coefficient (Wildman–Crippen LogP) is 3.44. The van der Waals surface area contributed by atoms with Gasteiger partial charge in [-0.05, 0) is 61.6 Å². The fourth-order valence-corrected chi connectivity index (χ4v) is 4.40. The molecule has 176 valence electrons. The number of urea groups is 1. The Hall–Kier alpha value is -2.90. The fourth-order valence-electron chi connectivity index (χ4n) is 4.40. The molecule has 33 heavy (non-hydrogen) atoms. The van der Waals surface area contributed by atoms with Gasteiger partial charge in [-0.3, -0.25) is 14.6 Å². The number of amides is 3. The van der Waals surface area contributed by atoms with Crippen LogP contribution >= 0.6 is 0 Å². The third-order valence-corrected chi connectivity index (χ3v) is 6.25. The number of hydrogen-bond acceptors (Lipinski definition) is 4. The molecule has 0 aliphatic carbocycles. The number of morpholine rings is 1. The van der Waals surface area contributed by atoms with Crippen molar-refractivity contribution in [3.8, 4) is 0 Å². The molecule has 0 unspecified atom stereocenters. The van der Waals surface area contributed by atoms with Gasteiger partial charge in [-0.25, -0.2) is 4.79 Å². The molecular weight excluding hydrogens is 416 g/mol. The van der Waals surface area contributed by atoms with Gasteiger partial charge in [-0.15, -0.1) is 0 Å². The maximum Gasteiger partial charge on any atom is 0.326 e. The van der Waals surface area contributed by atoms with Crippen LogP contribution in [0.25, 0.3) is 0 Å². The summed E-state index contributed by atoms with van der Waals surface area (Å²) in [6.07, 6.45) is 4.36. The summed E-state index contributed by atoms with van der Waals surface area (Å²) in [7, 11) is 0. The highest BCUT2D eigenvalue weighted by atomic mass is 16.5. The van der Waals surface area contributed by atoms with Gasteiger partial charge < -0.3 is 15.4 Å². The molecule has 2 aliphatic heterocycles. The van der Waals surface area contributed by atoms with Crippen molar-refractivity contribution in [3.63, 3.8) is 0 Å². The van der Waals surface area contributed by atoms with Crippen LogP contribution in [0.2, 0.25) is 0 Å². The van der Waals surface area contributed by atoms with Crippen molar-refractivity contribution in [1.29, 1.82) is 0 Å². The van der Waals surface area contributed by atoms with Crippen LogP contribution in [0.5, 0.6) is 0 Å². The number of benzene rings is 2. The highest BCUT2D eigenvalue weighted by Crippen LogP contribution is 2.26. The number of aryl methyl sites for hydroxylation is 1. The zero-order valence-electron chi connectivity index (χ0n) is 19.2. The summed E-state index contributed by atoms with van der Waals surface area (Å²) in [5, 5.41) is 6.01. The average molecular weight is 451 g/mol.